The van der Waals surface area contributed by atoms with Crippen LogP contribution in [0.5, 0.6) is 5.75 Å². The average molecular weight is 271 g/mol. The van der Waals surface area contributed by atoms with Gasteiger partial charge in [0.2, 0.25) is 0 Å². The normalized spacial score (nSPS) is 9.89. The number of aromatic nitrogens is 1. The predicted octanol–water partition coefficient (Wildman–Crippen LogP) is 2.84. The summed E-state index contributed by atoms with van der Waals surface area (Å²) in [4.78, 5) is 5.07. The first-order valence-electron chi connectivity index (χ1n) is 5.64. The van der Waals surface area contributed by atoms with Crippen LogP contribution in [0.3, 0.4) is 0 Å². The molecule has 2 aromatic rings. The number of anilines is 1. The van der Waals surface area contributed by atoms with Crippen molar-refractivity contribution in [2.45, 2.75) is 10.6 Å². The maximum Gasteiger partial charge on any atom is 0.123 e. The number of nitrogens with two attached hydrogens (primary N) is 1. The fourth-order valence-electron chi connectivity index (χ4n) is 1.60. The molecule has 0 radical (unpaired) electrons. The zero-order valence-electron chi connectivity index (χ0n) is 10.5. The molecule has 96 valence electrons. The number of nitrogens with zero attached hydrogens (tertiary/aromatic N) is 2. The largest absolute Gasteiger partial charge is 0.496 e. The Balaban J connectivity index is 2.14. The lowest BCUT2D eigenvalue weighted by atomic mass is 10.1. The van der Waals surface area contributed by atoms with Gasteiger partial charge in [0.25, 0.3) is 0 Å². The Labute approximate surface area is 116 Å². The number of thioether (sulfide) groups is 1. The first-order valence-corrected chi connectivity index (χ1v) is 6.63. The van der Waals surface area contributed by atoms with Crippen LogP contribution in [0.25, 0.3) is 0 Å². The quantitative estimate of drug-likeness (QED) is 0.866. The molecule has 19 heavy (non-hydrogen) atoms. The van der Waals surface area contributed by atoms with E-state index in [4.69, 9.17) is 15.7 Å². The summed E-state index contributed by atoms with van der Waals surface area (Å²) in [6.07, 6.45) is 1.74. The van der Waals surface area contributed by atoms with Gasteiger partial charge in [-0.05, 0) is 30.3 Å². The molecule has 0 saturated heterocycles. The summed E-state index contributed by atoms with van der Waals surface area (Å²) in [5.74, 6) is 2.01. The molecule has 2 N–H and O–H groups in total. The smallest absolute Gasteiger partial charge is 0.123 e. The van der Waals surface area contributed by atoms with Gasteiger partial charge in [-0.25, -0.2) is 4.98 Å². The van der Waals surface area contributed by atoms with Crippen LogP contribution in [0, 0.1) is 11.3 Å². The van der Waals surface area contributed by atoms with Crippen molar-refractivity contribution in [1.82, 2.24) is 4.98 Å². The Morgan fingerprint density at radius 2 is 2.21 bits per heavy atom. The maximum absolute atomic E-state index is 8.92. The minimum Gasteiger partial charge on any atom is -0.496 e. The SMILES string of the molecule is COc1ccc(C#N)cc1CSc1ccc(N)nc1. The number of methoxy groups -OCH3 is 1. The van der Waals surface area contributed by atoms with Gasteiger partial charge in [0, 0.05) is 22.4 Å². The van der Waals surface area contributed by atoms with E-state index in [1.165, 1.54) is 0 Å². The van der Waals surface area contributed by atoms with Gasteiger partial charge >= 0.3 is 0 Å². The Morgan fingerprint density at radius 3 is 2.84 bits per heavy atom. The monoisotopic (exact) mass is 271 g/mol. The molecule has 5 heteroatoms. The summed E-state index contributed by atoms with van der Waals surface area (Å²) in [5, 5.41) is 8.92. The van der Waals surface area contributed by atoms with Crippen molar-refractivity contribution in [3.8, 4) is 11.8 Å². The van der Waals surface area contributed by atoms with E-state index in [0.717, 1.165) is 16.2 Å². The second-order valence-electron chi connectivity index (χ2n) is 3.85. The molecule has 1 aromatic carbocycles. The third-order valence-corrected chi connectivity index (χ3v) is 3.59. The molecule has 0 bridgehead atoms. The minimum absolute atomic E-state index is 0.508. The van der Waals surface area contributed by atoms with E-state index in [9.17, 15) is 0 Å². The lowest BCUT2D eigenvalue weighted by Crippen LogP contribution is -1.92. The second-order valence-corrected chi connectivity index (χ2v) is 4.89. The van der Waals surface area contributed by atoms with Gasteiger partial charge in [-0.3, -0.25) is 0 Å². The van der Waals surface area contributed by atoms with Gasteiger partial charge in [0.1, 0.15) is 11.6 Å². The first kappa shape index (κ1) is 13.2. The number of benzene rings is 1. The molecule has 0 spiro atoms. The van der Waals surface area contributed by atoms with E-state index in [-0.39, 0.29) is 0 Å². The molecule has 1 heterocycles. The van der Waals surface area contributed by atoms with Gasteiger partial charge in [-0.1, -0.05) is 0 Å². The number of nitriles is 1. The molecule has 0 aliphatic carbocycles. The Morgan fingerprint density at radius 1 is 1.37 bits per heavy atom. The van der Waals surface area contributed by atoms with Crippen LogP contribution in [0.15, 0.2) is 41.4 Å². The summed E-state index contributed by atoms with van der Waals surface area (Å²) in [5.41, 5.74) is 7.16. The highest BCUT2D eigenvalue weighted by atomic mass is 32.2. The van der Waals surface area contributed by atoms with Gasteiger partial charge < -0.3 is 10.5 Å². The van der Waals surface area contributed by atoms with Crippen LogP contribution in [0.2, 0.25) is 0 Å². The second kappa shape index (κ2) is 6.12. The van der Waals surface area contributed by atoms with E-state index in [1.54, 1.807) is 37.2 Å². The van der Waals surface area contributed by atoms with E-state index >= 15 is 0 Å². The summed E-state index contributed by atoms with van der Waals surface area (Å²) in [6, 6.07) is 11.2. The summed E-state index contributed by atoms with van der Waals surface area (Å²) < 4.78 is 5.29. The number of nitrogen functional groups attached to an aromatic ring is 1. The number of hydrogen-bond donors (Lipinski definition) is 1. The number of ether oxygens (including phenoxy) is 1. The first-order chi connectivity index (χ1) is 9.22. The van der Waals surface area contributed by atoms with Gasteiger partial charge in [0.05, 0.1) is 18.7 Å². The molecule has 0 unspecified atom stereocenters. The highest BCUT2D eigenvalue weighted by Crippen LogP contribution is 2.28. The average Bonchev–Trinajstić information content (AvgIpc) is 2.46. The van der Waals surface area contributed by atoms with Crippen molar-refractivity contribution in [3.63, 3.8) is 0 Å². The van der Waals surface area contributed by atoms with Crippen molar-refractivity contribution >= 4 is 17.6 Å². The van der Waals surface area contributed by atoms with Crippen molar-refractivity contribution in [2.75, 3.05) is 12.8 Å². The van der Waals surface area contributed by atoms with Gasteiger partial charge in [0.15, 0.2) is 0 Å². The molecule has 0 aliphatic rings. The Bertz CT molecular complexity index is 605. The molecule has 0 fully saturated rings. The fraction of sp³-hybridized carbons (Fsp3) is 0.143. The lowest BCUT2D eigenvalue weighted by Gasteiger charge is -2.08. The van der Waals surface area contributed by atoms with Gasteiger partial charge in [-0.15, -0.1) is 11.8 Å². The molecule has 2 rings (SSSR count). The van der Waals surface area contributed by atoms with Crippen LogP contribution < -0.4 is 10.5 Å². The molecule has 0 saturated carbocycles. The Hall–Kier alpha value is -2.19. The van der Waals surface area contributed by atoms with E-state index in [1.807, 2.05) is 18.2 Å². The van der Waals surface area contributed by atoms with Crippen molar-refractivity contribution in [2.24, 2.45) is 0 Å². The molecule has 1 aromatic heterocycles. The fourth-order valence-corrected chi connectivity index (χ4v) is 2.44. The highest BCUT2D eigenvalue weighted by Gasteiger charge is 2.05. The number of pyridine rings is 1. The Kier molecular flexibility index (Phi) is 4.26. The van der Waals surface area contributed by atoms with Crippen LogP contribution >= 0.6 is 11.8 Å². The highest BCUT2D eigenvalue weighted by molar-refractivity contribution is 7.98. The summed E-state index contributed by atoms with van der Waals surface area (Å²) in [6.45, 7) is 0. The predicted molar refractivity (Wildman–Crippen MR) is 75.9 cm³/mol. The van der Waals surface area contributed by atoms with Crippen LogP contribution in [0.4, 0.5) is 5.82 Å². The van der Waals surface area contributed by atoms with E-state index < -0.39 is 0 Å². The molecule has 0 aliphatic heterocycles. The van der Waals surface area contributed by atoms with E-state index in [2.05, 4.69) is 11.1 Å². The third-order valence-electron chi connectivity index (χ3n) is 2.56. The lowest BCUT2D eigenvalue weighted by molar-refractivity contribution is 0.411. The van der Waals surface area contributed by atoms with Crippen LogP contribution in [-0.2, 0) is 5.75 Å². The summed E-state index contributed by atoms with van der Waals surface area (Å²) >= 11 is 1.62. The topological polar surface area (TPSA) is 71.9 Å². The molecular weight excluding hydrogens is 258 g/mol. The molecule has 0 atom stereocenters. The standard InChI is InChI=1S/C14H13N3OS/c1-18-13-4-2-10(7-15)6-11(13)9-19-12-3-5-14(16)17-8-12/h2-6,8H,9H2,1H3,(H2,16,17). The minimum atomic E-state index is 0.508. The zero-order valence-corrected chi connectivity index (χ0v) is 11.3. The van der Waals surface area contributed by atoms with Crippen LogP contribution in [0.1, 0.15) is 11.1 Å². The van der Waals surface area contributed by atoms with E-state index in [0.29, 0.717) is 17.1 Å². The van der Waals surface area contributed by atoms with Crippen molar-refractivity contribution in [1.29, 1.82) is 5.26 Å². The third kappa shape index (κ3) is 3.39. The molecular formula is C14H13N3OS. The van der Waals surface area contributed by atoms with Crippen LogP contribution in [-0.4, -0.2) is 12.1 Å². The number of rotatable bonds is 4. The maximum atomic E-state index is 8.92. The number of hydrogen-bond acceptors (Lipinski definition) is 5. The molecule has 0 amide bonds. The van der Waals surface area contributed by atoms with Gasteiger partial charge in [-0.2, -0.15) is 5.26 Å². The summed E-state index contributed by atoms with van der Waals surface area (Å²) in [7, 11) is 1.63. The zero-order chi connectivity index (χ0) is 13.7. The molecule has 4 nitrogen and oxygen atoms in total. The van der Waals surface area contributed by atoms with Crippen molar-refractivity contribution < 1.29 is 4.74 Å². The van der Waals surface area contributed by atoms with Crippen molar-refractivity contribution in [3.05, 3.63) is 47.7 Å².